The first-order chi connectivity index (χ1) is 7.75. The van der Waals surface area contributed by atoms with Crippen LogP contribution in [0.5, 0.6) is 0 Å². The van der Waals surface area contributed by atoms with Gasteiger partial charge in [0.1, 0.15) is 5.78 Å². The number of fused-ring (bicyclic) bond motifs is 1. The SMILES string of the molecule is CC(=O)CCCN1CCN2CCCCC2C1. The van der Waals surface area contributed by atoms with Gasteiger partial charge in [0.2, 0.25) is 0 Å². The molecule has 2 saturated heterocycles. The molecule has 0 aromatic rings. The summed E-state index contributed by atoms with van der Waals surface area (Å²) in [4.78, 5) is 16.1. The van der Waals surface area contributed by atoms with Crippen molar-refractivity contribution in [3.05, 3.63) is 0 Å². The van der Waals surface area contributed by atoms with Gasteiger partial charge in [0, 0.05) is 32.1 Å². The van der Waals surface area contributed by atoms with Crippen LogP contribution in [0.1, 0.15) is 39.0 Å². The highest BCUT2D eigenvalue weighted by Crippen LogP contribution is 2.21. The van der Waals surface area contributed by atoms with Crippen molar-refractivity contribution in [2.45, 2.75) is 45.1 Å². The van der Waals surface area contributed by atoms with Crippen LogP contribution in [0, 0.1) is 0 Å². The lowest BCUT2D eigenvalue weighted by Crippen LogP contribution is -2.54. The highest BCUT2D eigenvalue weighted by Gasteiger charge is 2.28. The summed E-state index contributed by atoms with van der Waals surface area (Å²) in [6.45, 7) is 7.80. The Balaban J connectivity index is 1.70. The second-order valence-electron chi connectivity index (χ2n) is 5.29. The predicted octanol–water partition coefficient (Wildman–Crippen LogP) is 1.53. The van der Waals surface area contributed by atoms with E-state index >= 15 is 0 Å². The Morgan fingerprint density at radius 3 is 2.94 bits per heavy atom. The fraction of sp³-hybridized carbons (Fsp3) is 0.923. The number of hydrogen-bond donors (Lipinski definition) is 0. The van der Waals surface area contributed by atoms with Crippen molar-refractivity contribution in [3.8, 4) is 0 Å². The number of ketones is 1. The molecule has 1 unspecified atom stereocenters. The largest absolute Gasteiger partial charge is 0.300 e. The Kier molecular flexibility index (Phi) is 4.36. The number of piperazine rings is 1. The maximum Gasteiger partial charge on any atom is 0.129 e. The lowest BCUT2D eigenvalue weighted by molar-refractivity contribution is -0.117. The van der Waals surface area contributed by atoms with Gasteiger partial charge in [-0.15, -0.1) is 0 Å². The average molecular weight is 224 g/mol. The minimum atomic E-state index is 0.330. The molecule has 3 heteroatoms. The third-order valence-electron chi connectivity index (χ3n) is 3.92. The summed E-state index contributed by atoms with van der Waals surface area (Å²) >= 11 is 0. The van der Waals surface area contributed by atoms with Crippen molar-refractivity contribution in [2.75, 3.05) is 32.7 Å². The topological polar surface area (TPSA) is 23.6 Å². The number of carbonyl (C=O) groups is 1. The first-order valence-electron chi connectivity index (χ1n) is 6.71. The molecule has 1 atom stereocenters. The van der Waals surface area contributed by atoms with Crippen LogP contribution < -0.4 is 0 Å². The zero-order valence-electron chi connectivity index (χ0n) is 10.5. The van der Waals surface area contributed by atoms with E-state index in [1.165, 1.54) is 45.4 Å². The van der Waals surface area contributed by atoms with E-state index in [1.807, 2.05) is 0 Å². The van der Waals surface area contributed by atoms with Gasteiger partial charge in [-0.05, 0) is 39.3 Å². The third kappa shape index (κ3) is 3.29. The first-order valence-corrected chi connectivity index (χ1v) is 6.71. The van der Waals surface area contributed by atoms with Gasteiger partial charge in [-0.3, -0.25) is 4.90 Å². The lowest BCUT2D eigenvalue weighted by atomic mass is 9.99. The zero-order chi connectivity index (χ0) is 11.4. The second-order valence-corrected chi connectivity index (χ2v) is 5.29. The predicted molar refractivity (Wildman–Crippen MR) is 65.6 cm³/mol. The number of nitrogens with zero attached hydrogens (tertiary/aromatic N) is 2. The maximum absolute atomic E-state index is 10.9. The Morgan fingerprint density at radius 1 is 1.25 bits per heavy atom. The summed E-state index contributed by atoms with van der Waals surface area (Å²) in [5, 5.41) is 0. The molecule has 2 rings (SSSR count). The quantitative estimate of drug-likeness (QED) is 0.723. The molecule has 0 saturated carbocycles. The lowest BCUT2D eigenvalue weighted by Gasteiger charge is -2.44. The molecular weight excluding hydrogens is 200 g/mol. The Morgan fingerprint density at radius 2 is 2.12 bits per heavy atom. The molecule has 0 aromatic carbocycles. The van der Waals surface area contributed by atoms with Gasteiger partial charge in [0.05, 0.1) is 0 Å². The van der Waals surface area contributed by atoms with E-state index in [4.69, 9.17) is 0 Å². The van der Waals surface area contributed by atoms with E-state index in [0.29, 0.717) is 5.78 Å². The fourth-order valence-corrected chi connectivity index (χ4v) is 2.98. The standard InChI is InChI=1S/C13H24N2O/c1-12(16)5-4-7-14-9-10-15-8-3-2-6-13(15)11-14/h13H,2-11H2,1H3. The van der Waals surface area contributed by atoms with Gasteiger partial charge < -0.3 is 9.69 Å². The van der Waals surface area contributed by atoms with E-state index in [1.54, 1.807) is 6.92 Å². The van der Waals surface area contributed by atoms with E-state index in [0.717, 1.165) is 25.4 Å². The monoisotopic (exact) mass is 224 g/mol. The molecule has 3 nitrogen and oxygen atoms in total. The van der Waals surface area contributed by atoms with Crippen molar-refractivity contribution in [2.24, 2.45) is 0 Å². The summed E-state index contributed by atoms with van der Waals surface area (Å²) in [5.41, 5.74) is 0. The molecule has 2 heterocycles. The van der Waals surface area contributed by atoms with Crippen LogP contribution in [0.4, 0.5) is 0 Å². The highest BCUT2D eigenvalue weighted by molar-refractivity contribution is 5.75. The smallest absolute Gasteiger partial charge is 0.129 e. The molecule has 2 aliphatic heterocycles. The van der Waals surface area contributed by atoms with Crippen molar-refractivity contribution >= 4 is 5.78 Å². The average Bonchev–Trinajstić information content (AvgIpc) is 2.28. The maximum atomic E-state index is 10.9. The summed E-state index contributed by atoms with van der Waals surface area (Å²) in [6.07, 6.45) is 5.97. The Hall–Kier alpha value is -0.410. The Labute approximate surface area is 98.8 Å². The molecule has 0 aliphatic carbocycles. The molecule has 92 valence electrons. The molecule has 0 amide bonds. The molecule has 2 aliphatic rings. The second kappa shape index (κ2) is 5.78. The van der Waals surface area contributed by atoms with Gasteiger partial charge in [-0.25, -0.2) is 0 Å². The molecule has 16 heavy (non-hydrogen) atoms. The van der Waals surface area contributed by atoms with Gasteiger partial charge in [-0.1, -0.05) is 6.42 Å². The third-order valence-corrected chi connectivity index (χ3v) is 3.92. The van der Waals surface area contributed by atoms with Gasteiger partial charge in [0.15, 0.2) is 0 Å². The number of piperidine rings is 1. The van der Waals surface area contributed by atoms with E-state index in [9.17, 15) is 4.79 Å². The molecule has 2 fully saturated rings. The van der Waals surface area contributed by atoms with Crippen molar-refractivity contribution < 1.29 is 4.79 Å². The van der Waals surface area contributed by atoms with Crippen molar-refractivity contribution in [1.29, 1.82) is 0 Å². The molecule has 0 bridgehead atoms. The number of hydrogen-bond acceptors (Lipinski definition) is 3. The van der Waals surface area contributed by atoms with E-state index in [-0.39, 0.29) is 0 Å². The van der Waals surface area contributed by atoms with Gasteiger partial charge >= 0.3 is 0 Å². The van der Waals surface area contributed by atoms with Crippen LogP contribution in [-0.4, -0.2) is 54.3 Å². The summed E-state index contributed by atoms with van der Waals surface area (Å²) in [7, 11) is 0. The first kappa shape index (κ1) is 12.1. The minimum absolute atomic E-state index is 0.330. The molecular formula is C13H24N2O. The highest BCUT2D eigenvalue weighted by atomic mass is 16.1. The van der Waals surface area contributed by atoms with E-state index in [2.05, 4.69) is 9.80 Å². The van der Waals surface area contributed by atoms with Crippen LogP contribution in [0.15, 0.2) is 0 Å². The van der Waals surface area contributed by atoms with Crippen LogP contribution in [0.3, 0.4) is 0 Å². The summed E-state index contributed by atoms with van der Waals surface area (Å²) in [5.74, 6) is 0.330. The van der Waals surface area contributed by atoms with Crippen molar-refractivity contribution in [1.82, 2.24) is 9.80 Å². The normalized spacial score (nSPS) is 27.7. The molecule has 0 spiro atoms. The molecule has 0 radical (unpaired) electrons. The summed E-state index contributed by atoms with van der Waals surface area (Å²) in [6, 6.07) is 0.805. The fourth-order valence-electron chi connectivity index (χ4n) is 2.98. The van der Waals surface area contributed by atoms with Crippen LogP contribution >= 0.6 is 0 Å². The van der Waals surface area contributed by atoms with E-state index < -0.39 is 0 Å². The number of rotatable bonds is 4. The number of Topliss-reactive ketones (excluding diaryl/α,β-unsaturated/α-hetero) is 1. The molecule has 0 aromatic heterocycles. The van der Waals surface area contributed by atoms with Gasteiger partial charge in [-0.2, -0.15) is 0 Å². The Bertz CT molecular complexity index is 242. The van der Waals surface area contributed by atoms with Crippen molar-refractivity contribution in [3.63, 3.8) is 0 Å². The van der Waals surface area contributed by atoms with Crippen LogP contribution in [0.25, 0.3) is 0 Å². The minimum Gasteiger partial charge on any atom is -0.300 e. The summed E-state index contributed by atoms with van der Waals surface area (Å²) < 4.78 is 0. The van der Waals surface area contributed by atoms with Crippen LogP contribution in [-0.2, 0) is 4.79 Å². The van der Waals surface area contributed by atoms with Gasteiger partial charge in [0.25, 0.3) is 0 Å². The number of carbonyl (C=O) groups excluding carboxylic acids is 1. The van der Waals surface area contributed by atoms with Crippen LogP contribution in [0.2, 0.25) is 0 Å². The zero-order valence-corrected chi connectivity index (χ0v) is 10.5. The molecule has 0 N–H and O–H groups in total.